The third kappa shape index (κ3) is 2.20. The summed E-state index contributed by atoms with van der Waals surface area (Å²) in [7, 11) is 0. The Balaban J connectivity index is 2.41. The molecule has 0 aliphatic carbocycles. The van der Waals surface area contributed by atoms with Crippen molar-refractivity contribution in [1.29, 1.82) is 0 Å². The van der Waals surface area contributed by atoms with Gasteiger partial charge in [0, 0.05) is 0 Å². The van der Waals surface area contributed by atoms with Gasteiger partial charge >= 0.3 is 95.7 Å². The van der Waals surface area contributed by atoms with Crippen molar-refractivity contribution in [2.45, 2.75) is 20.4 Å². The Kier molecular flexibility index (Phi) is 3.05. The number of aromatic nitrogens is 1. The summed E-state index contributed by atoms with van der Waals surface area (Å²) in [6, 6.07) is 8.54. The zero-order chi connectivity index (χ0) is 10.8. The third-order valence-electron chi connectivity index (χ3n) is 2.38. The molecule has 2 aromatic rings. The van der Waals surface area contributed by atoms with E-state index in [0.717, 1.165) is 5.69 Å². The van der Waals surface area contributed by atoms with E-state index >= 15 is 0 Å². The maximum absolute atomic E-state index is 5.67. The molecule has 1 aromatic heterocycles. The summed E-state index contributed by atoms with van der Waals surface area (Å²) in [6.45, 7) is 4.79. The van der Waals surface area contributed by atoms with E-state index in [1.165, 1.54) is 20.1 Å². The van der Waals surface area contributed by atoms with Crippen molar-refractivity contribution in [3.8, 4) is 10.1 Å². The number of nitrogens with zero attached hydrogens (tertiary/aromatic N) is 1. The molecular formula is C12H14N2Se. The van der Waals surface area contributed by atoms with E-state index in [0.29, 0.717) is 21.0 Å². The Morgan fingerprint density at radius 2 is 1.87 bits per heavy atom. The summed E-state index contributed by atoms with van der Waals surface area (Å²) in [6.07, 6.45) is 0. The van der Waals surface area contributed by atoms with Gasteiger partial charge in [0.15, 0.2) is 0 Å². The summed E-state index contributed by atoms with van der Waals surface area (Å²) in [4.78, 5) is 4.58. The summed E-state index contributed by atoms with van der Waals surface area (Å²) in [5.74, 6) is 0. The van der Waals surface area contributed by atoms with Crippen molar-refractivity contribution in [3.05, 3.63) is 40.0 Å². The van der Waals surface area contributed by atoms with E-state index < -0.39 is 0 Å². The van der Waals surface area contributed by atoms with Crippen LogP contribution in [0.5, 0.6) is 0 Å². The Bertz CT molecular complexity index is 457. The Morgan fingerprint density at radius 1 is 1.20 bits per heavy atom. The molecule has 0 amide bonds. The van der Waals surface area contributed by atoms with E-state index in [1.54, 1.807) is 0 Å². The second kappa shape index (κ2) is 4.31. The SMILES string of the molecule is Cc1ccc(-c2nc(C)c(CN)[se]2)cc1. The van der Waals surface area contributed by atoms with Crippen LogP contribution in [-0.4, -0.2) is 19.5 Å². The molecule has 0 bridgehead atoms. The fraction of sp³-hybridized carbons (Fsp3) is 0.250. The second-order valence-electron chi connectivity index (χ2n) is 3.60. The molecule has 3 heteroatoms. The average molecular weight is 265 g/mol. The van der Waals surface area contributed by atoms with Crippen molar-refractivity contribution in [2.24, 2.45) is 5.73 Å². The standard InChI is InChI=1S/C12H14N2Se/c1-8-3-5-10(6-4-8)12-14-9(2)11(7-13)15-12/h3-6H,7,13H2,1-2H3. The first-order valence-corrected chi connectivity index (χ1v) is 6.65. The van der Waals surface area contributed by atoms with Crippen LogP contribution in [0.25, 0.3) is 10.1 Å². The maximum atomic E-state index is 5.67. The predicted octanol–water partition coefficient (Wildman–Crippen LogP) is 1.88. The summed E-state index contributed by atoms with van der Waals surface area (Å²) in [5.41, 5.74) is 9.32. The van der Waals surface area contributed by atoms with Crippen LogP contribution in [0, 0.1) is 13.8 Å². The molecule has 1 aromatic carbocycles. The first-order chi connectivity index (χ1) is 7.20. The zero-order valence-corrected chi connectivity index (χ0v) is 10.7. The predicted molar refractivity (Wildman–Crippen MR) is 64.0 cm³/mol. The molecule has 0 radical (unpaired) electrons. The molecule has 0 saturated heterocycles. The monoisotopic (exact) mass is 266 g/mol. The van der Waals surface area contributed by atoms with E-state index in [4.69, 9.17) is 5.73 Å². The van der Waals surface area contributed by atoms with Crippen molar-refractivity contribution in [1.82, 2.24) is 4.98 Å². The van der Waals surface area contributed by atoms with Crippen molar-refractivity contribution in [2.75, 3.05) is 0 Å². The quantitative estimate of drug-likeness (QED) is 0.842. The van der Waals surface area contributed by atoms with E-state index in [2.05, 4.69) is 36.2 Å². The van der Waals surface area contributed by atoms with Gasteiger partial charge in [-0.05, 0) is 0 Å². The van der Waals surface area contributed by atoms with Crippen LogP contribution in [0.4, 0.5) is 0 Å². The van der Waals surface area contributed by atoms with Crippen molar-refractivity contribution >= 4 is 14.5 Å². The molecule has 0 spiro atoms. The number of hydrogen-bond acceptors (Lipinski definition) is 2. The number of benzene rings is 1. The third-order valence-corrected chi connectivity index (χ3v) is 4.95. The molecule has 2 N–H and O–H groups in total. The molecule has 78 valence electrons. The molecule has 0 fully saturated rings. The van der Waals surface area contributed by atoms with E-state index in [-0.39, 0.29) is 0 Å². The number of rotatable bonds is 2. The number of nitrogens with two attached hydrogens (primary N) is 1. The van der Waals surface area contributed by atoms with Crippen molar-refractivity contribution in [3.63, 3.8) is 0 Å². The average Bonchev–Trinajstić information content (AvgIpc) is 2.61. The molecular weight excluding hydrogens is 251 g/mol. The van der Waals surface area contributed by atoms with Crippen molar-refractivity contribution < 1.29 is 0 Å². The molecule has 1 heterocycles. The fourth-order valence-electron chi connectivity index (χ4n) is 1.44. The summed E-state index contributed by atoms with van der Waals surface area (Å²) in [5, 5.41) is 0. The molecule has 15 heavy (non-hydrogen) atoms. The van der Waals surface area contributed by atoms with Gasteiger partial charge in [-0.3, -0.25) is 0 Å². The van der Waals surface area contributed by atoms with E-state index in [9.17, 15) is 0 Å². The van der Waals surface area contributed by atoms with Gasteiger partial charge in [-0.25, -0.2) is 0 Å². The zero-order valence-electron chi connectivity index (χ0n) is 8.95. The van der Waals surface area contributed by atoms with Gasteiger partial charge in [-0.1, -0.05) is 0 Å². The number of aryl methyl sites for hydroxylation is 2. The van der Waals surface area contributed by atoms with E-state index in [1.807, 2.05) is 6.92 Å². The van der Waals surface area contributed by atoms with Crippen LogP contribution >= 0.6 is 0 Å². The van der Waals surface area contributed by atoms with Gasteiger partial charge in [0.2, 0.25) is 0 Å². The summed E-state index contributed by atoms with van der Waals surface area (Å²) < 4.78 is 2.53. The minimum atomic E-state index is 0.327. The van der Waals surface area contributed by atoms with Gasteiger partial charge in [0.1, 0.15) is 0 Å². The second-order valence-corrected chi connectivity index (χ2v) is 5.87. The van der Waals surface area contributed by atoms with Crippen LogP contribution in [0.15, 0.2) is 24.3 Å². The Morgan fingerprint density at radius 3 is 2.40 bits per heavy atom. The first kappa shape index (κ1) is 10.6. The molecule has 0 atom stereocenters. The molecule has 0 aliphatic rings. The fourth-order valence-corrected chi connectivity index (χ4v) is 3.42. The van der Waals surface area contributed by atoms with Crippen LogP contribution in [0.2, 0.25) is 0 Å². The van der Waals surface area contributed by atoms with Crippen LogP contribution < -0.4 is 5.73 Å². The van der Waals surface area contributed by atoms with Gasteiger partial charge < -0.3 is 0 Å². The van der Waals surface area contributed by atoms with Crippen LogP contribution in [0.3, 0.4) is 0 Å². The van der Waals surface area contributed by atoms with Gasteiger partial charge in [-0.15, -0.1) is 0 Å². The topological polar surface area (TPSA) is 38.9 Å². The minimum absolute atomic E-state index is 0.327. The normalized spacial score (nSPS) is 10.6. The number of hydrogen-bond donors (Lipinski definition) is 1. The Labute approximate surface area is 95.9 Å². The molecule has 2 rings (SSSR count). The van der Waals surface area contributed by atoms with Gasteiger partial charge in [0.05, 0.1) is 0 Å². The molecule has 0 saturated carbocycles. The molecule has 2 nitrogen and oxygen atoms in total. The van der Waals surface area contributed by atoms with Crippen LogP contribution in [-0.2, 0) is 6.54 Å². The Hall–Kier alpha value is -0.891. The van der Waals surface area contributed by atoms with Gasteiger partial charge in [0.25, 0.3) is 0 Å². The molecule has 0 aliphatic heterocycles. The summed E-state index contributed by atoms with van der Waals surface area (Å²) >= 11 is 0.327. The first-order valence-electron chi connectivity index (χ1n) is 4.94. The molecule has 0 unspecified atom stereocenters. The van der Waals surface area contributed by atoms with Crippen LogP contribution in [0.1, 0.15) is 15.7 Å². The van der Waals surface area contributed by atoms with Gasteiger partial charge in [-0.2, -0.15) is 0 Å².